The van der Waals surface area contributed by atoms with Crippen molar-refractivity contribution in [3.05, 3.63) is 65.2 Å². The molecule has 0 aromatic heterocycles. The molecule has 1 aliphatic heterocycles. The summed E-state index contributed by atoms with van der Waals surface area (Å²) in [6, 6.07) is 15.1. The normalized spacial score (nSPS) is 13.1. The van der Waals surface area contributed by atoms with E-state index in [-0.39, 0.29) is 5.91 Å². The summed E-state index contributed by atoms with van der Waals surface area (Å²) in [5.41, 5.74) is 2.46. The first-order chi connectivity index (χ1) is 9.29. The number of benzene rings is 2. The highest BCUT2D eigenvalue weighted by Gasteiger charge is 2.24. The van der Waals surface area contributed by atoms with Crippen molar-refractivity contribution in [1.82, 2.24) is 0 Å². The van der Waals surface area contributed by atoms with Crippen molar-refractivity contribution in [2.24, 2.45) is 4.99 Å². The van der Waals surface area contributed by atoms with Gasteiger partial charge in [0, 0.05) is 0 Å². The van der Waals surface area contributed by atoms with E-state index in [1.807, 2.05) is 42.5 Å². The monoisotopic (exact) mass is 251 g/mol. The third-order valence-electron chi connectivity index (χ3n) is 3.15. The molecule has 0 fully saturated rings. The van der Waals surface area contributed by atoms with Crippen LogP contribution in [0.25, 0.3) is 0 Å². The van der Waals surface area contributed by atoms with Crippen molar-refractivity contribution < 1.29 is 9.53 Å². The largest absolute Gasteiger partial charge is 0.438 e. The number of nitrogens with zero attached hydrogens (tertiary/aromatic N) is 1. The summed E-state index contributed by atoms with van der Waals surface area (Å²) < 4.78 is 5.82. The number of carbonyl (C=O) groups is 1. The molecule has 1 heterocycles. The number of para-hydroxylation sites is 1. The second kappa shape index (κ2) is 4.69. The number of carbonyl (C=O) groups excluding carboxylic acids is 1. The van der Waals surface area contributed by atoms with Gasteiger partial charge < -0.3 is 4.74 Å². The predicted molar refractivity (Wildman–Crippen MR) is 73.8 cm³/mol. The molecular formula is C16H13NO2. The van der Waals surface area contributed by atoms with Gasteiger partial charge in [-0.2, -0.15) is 4.99 Å². The summed E-state index contributed by atoms with van der Waals surface area (Å²) in [7, 11) is 0. The number of fused-ring (bicyclic) bond motifs is 1. The number of ether oxygens (including phenoxy) is 1. The quantitative estimate of drug-likeness (QED) is 0.822. The average Bonchev–Trinajstić information content (AvgIpc) is 2.77. The number of amides is 1. The molecule has 0 N–H and O–H groups in total. The van der Waals surface area contributed by atoms with E-state index in [1.54, 1.807) is 6.07 Å². The Morgan fingerprint density at radius 2 is 1.68 bits per heavy atom. The van der Waals surface area contributed by atoms with Crippen LogP contribution in [0, 0.1) is 0 Å². The molecule has 1 amide bonds. The first-order valence-corrected chi connectivity index (χ1v) is 6.27. The summed E-state index contributed by atoms with van der Waals surface area (Å²) >= 11 is 0. The zero-order valence-corrected chi connectivity index (χ0v) is 10.6. The molecule has 3 heteroatoms. The molecule has 0 atom stereocenters. The average molecular weight is 251 g/mol. The molecule has 94 valence electrons. The molecule has 0 aliphatic carbocycles. The van der Waals surface area contributed by atoms with Gasteiger partial charge in [-0.1, -0.05) is 37.3 Å². The van der Waals surface area contributed by atoms with E-state index in [2.05, 4.69) is 11.9 Å². The van der Waals surface area contributed by atoms with Gasteiger partial charge in [-0.15, -0.1) is 0 Å². The van der Waals surface area contributed by atoms with Crippen molar-refractivity contribution in [2.45, 2.75) is 13.3 Å². The van der Waals surface area contributed by atoms with Gasteiger partial charge in [0.2, 0.25) is 5.90 Å². The van der Waals surface area contributed by atoms with E-state index < -0.39 is 0 Å². The number of rotatable bonds is 2. The minimum Gasteiger partial charge on any atom is -0.438 e. The summed E-state index contributed by atoms with van der Waals surface area (Å²) in [5.74, 6) is 0.911. The van der Waals surface area contributed by atoms with Crippen LogP contribution in [0.3, 0.4) is 0 Å². The van der Waals surface area contributed by atoms with Gasteiger partial charge in [-0.25, -0.2) is 0 Å². The van der Waals surface area contributed by atoms with Crippen LogP contribution in [0.5, 0.6) is 5.75 Å². The number of hydrogen-bond donors (Lipinski definition) is 0. The van der Waals surface area contributed by atoms with Crippen LogP contribution in [-0.4, -0.2) is 11.8 Å². The van der Waals surface area contributed by atoms with Gasteiger partial charge in [0.15, 0.2) is 0 Å². The third-order valence-corrected chi connectivity index (χ3v) is 3.15. The lowest BCUT2D eigenvalue weighted by Gasteiger charge is -2.09. The second-order valence-electron chi connectivity index (χ2n) is 4.33. The highest BCUT2D eigenvalue weighted by atomic mass is 16.5. The molecule has 2 aromatic carbocycles. The van der Waals surface area contributed by atoms with Crippen LogP contribution < -0.4 is 4.74 Å². The third kappa shape index (κ3) is 2.03. The SMILES string of the molecule is CCc1ccccc1OC1=NC(=O)c2ccccc21. The maximum Gasteiger partial charge on any atom is 0.281 e. The van der Waals surface area contributed by atoms with Gasteiger partial charge in [-0.3, -0.25) is 4.79 Å². The summed E-state index contributed by atoms with van der Waals surface area (Å²) in [4.78, 5) is 15.7. The van der Waals surface area contributed by atoms with Crippen molar-refractivity contribution in [3.8, 4) is 5.75 Å². The molecule has 2 aromatic rings. The summed E-state index contributed by atoms with van der Waals surface area (Å²) in [6.45, 7) is 2.07. The van der Waals surface area contributed by atoms with Gasteiger partial charge in [0.05, 0.1) is 11.1 Å². The maximum absolute atomic E-state index is 11.8. The smallest absolute Gasteiger partial charge is 0.281 e. The highest BCUT2D eigenvalue weighted by Crippen LogP contribution is 2.24. The maximum atomic E-state index is 11.8. The molecular weight excluding hydrogens is 238 g/mol. The fraction of sp³-hybridized carbons (Fsp3) is 0.125. The van der Waals surface area contributed by atoms with Gasteiger partial charge in [0.25, 0.3) is 5.91 Å². The van der Waals surface area contributed by atoms with Crippen LogP contribution in [0.4, 0.5) is 0 Å². The van der Waals surface area contributed by atoms with E-state index in [1.165, 1.54) is 0 Å². The molecule has 0 unspecified atom stereocenters. The Labute approximate surface area is 111 Å². The first-order valence-electron chi connectivity index (χ1n) is 6.27. The van der Waals surface area contributed by atoms with Gasteiger partial charge in [0.1, 0.15) is 5.75 Å². The Balaban J connectivity index is 1.97. The molecule has 19 heavy (non-hydrogen) atoms. The van der Waals surface area contributed by atoms with Crippen LogP contribution in [-0.2, 0) is 6.42 Å². The Kier molecular flexibility index (Phi) is 2.88. The minimum atomic E-state index is -0.237. The predicted octanol–water partition coefficient (Wildman–Crippen LogP) is 3.23. The number of aryl methyl sites for hydroxylation is 1. The Hall–Kier alpha value is -2.42. The molecule has 0 bridgehead atoms. The van der Waals surface area contributed by atoms with E-state index in [0.29, 0.717) is 11.5 Å². The van der Waals surface area contributed by atoms with Crippen molar-refractivity contribution in [1.29, 1.82) is 0 Å². The summed E-state index contributed by atoms with van der Waals surface area (Å²) in [5, 5.41) is 0. The number of hydrogen-bond acceptors (Lipinski definition) is 2. The van der Waals surface area contributed by atoms with Gasteiger partial charge in [-0.05, 0) is 30.2 Å². The lowest BCUT2D eigenvalue weighted by atomic mass is 10.1. The van der Waals surface area contributed by atoms with E-state index >= 15 is 0 Å². The minimum absolute atomic E-state index is 0.237. The topological polar surface area (TPSA) is 38.7 Å². The molecule has 3 nitrogen and oxygen atoms in total. The Morgan fingerprint density at radius 1 is 1.00 bits per heavy atom. The fourth-order valence-electron chi connectivity index (χ4n) is 2.15. The first kappa shape index (κ1) is 11.7. The van der Waals surface area contributed by atoms with Crippen molar-refractivity contribution in [2.75, 3.05) is 0 Å². The van der Waals surface area contributed by atoms with E-state index in [9.17, 15) is 4.79 Å². The van der Waals surface area contributed by atoms with E-state index in [4.69, 9.17) is 4.74 Å². The van der Waals surface area contributed by atoms with E-state index in [0.717, 1.165) is 23.3 Å². The van der Waals surface area contributed by atoms with Crippen LogP contribution in [0.15, 0.2) is 53.5 Å². The molecule has 1 aliphatic rings. The van der Waals surface area contributed by atoms with Crippen LogP contribution >= 0.6 is 0 Å². The fourth-order valence-corrected chi connectivity index (χ4v) is 2.15. The van der Waals surface area contributed by atoms with Crippen molar-refractivity contribution in [3.63, 3.8) is 0 Å². The lowest BCUT2D eigenvalue weighted by molar-refractivity contribution is 0.101. The molecule has 0 spiro atoms. The zero-order chi connectivity index (χ0) is 13.2. The van der Waals surface area contributed by atoms with Crippen molar-refractivity contribution >= 4 is 11.8 Å². The molecule has 3 rings (SSSR count). The standard InChI is InChI=1S/C16H13NO2/c1-2-11-7-3-6-10-14(11)19-16-13-9-5-4-8-12(13)15(18)17-16/h3-10H,2H2,1H3. The van der Waals surface area contributed by atoms with Crippen LogP contribution in [0.2, 0.25) is 0 Å². The lowest BCUT2D eigenvalue weighted by Crippen LogP contribution is -2.09. The Morgan fingerprint density at radius 3 is 2.47 bits per heavy atom. The Bertz CT molecular complexity index is 674. The van der Waals surface area contributed by atoms with Crippen LogP contribution in [0.1, 0.15) is 28.4 Å². The molecule has 0 radical (unpaired) electrons. The number of aliphatic imine (C=N–C) groups is 1. The zero-order valence-electron chi connectivity index (χ0n) is 10.6. The summed E-state index contributed by atoms with van der Waals surface area (Å²) in [6.07, 6.45) is 0.874. The highest BCUT2D eigenvalue weighted by molar-refractivity contribution is 6.18. The molecule has 0 saturated heterocycles. The molecule has 0 saturated carbocycles. The second-order valence-corrected chi connectivity index (χ2v) is 4.33. The van der Waals surface area contributed by atoms with Gasteiger partial charge >= 0.3 is 0 Å².